The number of amides is 1. The van der Waals surface area contributed by atoms with Crippen LogP contribution in [0.25, 0.3) is 0 Å². The van der Waals surface area contributed by atoms with Crippen LogP contribution in [0.15, 0.2) is 36.5 Å². The van der Waals surface area contributed by atoms with Crippen LogP contribution in [-0.4, -0.2) is 15.7 Å². The van der Waals surface area contributed by atoms with Crippen molar-refractivity contribution in [3.63, 3.8) is 0 Å². The standard InChI is InChI=1S/C15H20N4O/c1-11-12(10-18-19(11)3)9-17-14(20)15(2,16)13-7-5-4-6-8-13/h4-8,10H,9,16H2,1-3H3,(H,17,20). The zero-order valence-electron chi connectivity index (χ0n) is 12.1. The van der Waals surface area contributed by atoms with E-state index in [9.17, 15) is 4.79 Å². The van der Waals surface area contributed by atoms with Crippen LogP contribution in [0.2, 0.25) is 0 Å². The van der Waals surface area contributed by atoms with E-state index in [1.165, 1.54) is 0 Å². The van der Waals surface area contributed by atoms with Crippen LogP contribution in [-0.2, 0) is 23.9 Å². The fourth-order valence-corrected chi connectivity index (χ4v) is 1.99. The Morgan fingerprint density at radius 2 is 2.05 bits per heavy atom. The molecular formula is C15H20N4O. The molecule has 0 fully saturated rings. The second-order valence-corrected chi connectivity index (χ2v) is 5.13. The first-order valence-electron chi connectivity index (χ1n) is 6.53. The number of hydrogen-bond donors (Lipinski definition) is 2. The number of carbonyl (C=O) groups excluding carboxylic acids is 1. The summed E-state index contributed by atoms with van der Waals surface area (Å²) in [5, 5.41) is 7.02. The zero-order valence-corrected chi connectivity index (χ0v) is 12.1. The van der Waals surface area contributed by atoms with E-state index in [1.54, 1.807) is 17.8 Å². The van der Waals surface area contributed by atoms with E-state index in [2.05, 4.69) is 10.4 Å². The second kappa shape index (κ2) is 5.46. The molecule has 0 aliphatic rings. The van der Waals surface area contributed by atoms with Gasteiger partial charge in [-0.2, -0.15) is 5.10 Å². The van der Waals surface area contributed by atoms with Gasteiger partial charge >= 0.3 is 0 Å². The van der Waals surface area contributed by atoms with Crippen molar-refractivity contribution >= 4 is 5.91 Å². The molecule has 1 amide bonds. The molecule has 1 heterocycles. The van der Waals surface area contributed by atoms with E-state index in [0.717, 1.165) is 16.8 Å². The lowest BCUT2D eigenvalue weighted by Crippen LogP contribution is -2.48. The van der Waals surface area contributed by atoms with Crippen molar-refractivity contribution in [2.24, 2.45) is 12.8 Å². The minimum Gasteiger partial charge on any atom is -0.350 e. The quantitative estimate of drug-likeness (QED) is 0.879. The Bertz CT molecular complexity index is 602. The summed E-state index contributed by atoms with van der Waals surface area (Å²) in [7, 11) is 1.87. The van der Waals surface area contributed by atoms with Gasteiger partial charge in [-0.3, -0.25) is 9.48 Å². The lowest BCUT2D eigenvalue weighted by atomic mass is 9.92. The number of nitrogens with zero attached hydrogens (tertiary/aromatic N) is 2. The van der Waals surface area contributed by atoms with Crippen molar-refractivity contribution in [3.05, 3.63) is 53.3 Å². The van der Waals surface area contributed by atoms with Crippen LogP contribution < -0.4 is 11.1 Å². The molecule has 0 saturated carbocycles. The van der Waals surface area contributed by atoms with Crippen LogP contribution >= 0.6 is 0 Å². The molecule has 2 aromatic rings. The summed E-state index contributed by atoms with van der Waals surface area (Å²) in [5.41, 5.74) is 7.93. The third-order valence-corrected chi connectivity index (χ3v) is 3.62. The summed E-state index contributed by atoms with van der Waals surface area (Å²) in [6.07, 6.45) is 1.76. The predicted molar refractivity (Wildman–Crippen MR) is 77.8 cm³/mol. The van der Waals surface area contributed by atoms with Crippen LogP contribution in [0.4, 0.5) is 0 Å². The molecule has 5 nitrogen and oxygen atoms in total. The Kier molecular flexibility index (Phi) is 3.90. The van der Waals surface area contributed by atoms with Gasteiger partial charge in [-0.05, 0) is 19.4 Å². The van der Waals surface area contributed by atoms with Gasteiger partial charge in [0.05, 0.1) is 6.20 Å². The minimum absolute atomic E-state index is 0.202. The highest BCUT2D eigenvalue weighted by molar-refractivity contribution is 5.86. The maximum absolute atomic E-state index is 12.3. The molecule has 0 saturated heterocycles. The summed E-state index contributed by atoms with van der Waals surface area (Å²) in [4.78, 5) is 12.3. The number of rotatable bonds is 4. The van der Waals surface area contributed by atoms with Crippen molar-refractivity contribution < 1.29 is 4.79 Å². The molecule has 5 heteroatoms. The molecule has 1 unspecified atom stereocenters. The number of aromatic nitrogens is 2. The average Bonchev–Trinajstić information content (AvgIpc) is 2.77. The number of carbonyl (C=O) groups is 1. The van der Waals surface area contributed by atoms with Gasteiger partial charge in [0.1, 0.15) is 5.54 Å². The molecule has 1 aromatic carbocycles. The maximum atomic E-state index is 12.3. The third kappa shape index (κ3) is 2.72. The Hall–Kier alpha value is -2.14. The van der Waals surface area contributed by atoms with E-state index in [4.69, 9.17) is 5.73 Å². The van der Waals surface area contributed by atoms with Crippen LogP contribution in [0.1, 0.15) is 23.7 Å². The second-order valence-electron chi connectivity index (χ2n) is 5.13. The Morgan fingerprint density at radius 1 is 1.40 bits per heavy atom. The summed E-state index contributed by atoms with van der Waals surface area (Å²) in [6.45, 7) is 4.11. The van der Waals surface area contributed by atoms with Crippen molar-refractivity contribution in [2.45, 2.75) is 25.9 Å². The SMILES string of the molecule is Cc1c(CNC(=O)C(C)(N)c2ccccc2)cnn1C. The molecule has 1 aromatic heterocycles. The molecule has 20 heavy (non-hydrogen) atoms. The van der Waals surface area contributed by atoms with Crippen molar-refractivity contribution in [2.75, 3.05) is 0 Å². The fourth-order valence-electron chi connectivity index (χ4n) is 1.99. The van der Waals surface area contributed by atoms with Crippen molar-refractivity contribution in [1.82, 2.24) is 15.1 Å². The third-order valence-electron chi connectivity index (χ3n) is 3.62. The molecule has 0 radical (unpaired) electrons. The van der Waals surface area contributed by atoms with E-state index >= 15 is 0 Å². The molecule has 1 atom stereocenters. The highest BCUT2D eigenvalue weighted by atomic mass is 16.2. The molecule has 2 rings (SSSR count). The van der Waals surface area contributed by atoms with Gasteiger partial charge in [-0.15, -0.1) is 0 Å². The monoisotopic (exact) mass is 272 g/mol. The highest BCUT2D eigenvalue weighted by Crippen LogP contribution is 2.17. The lowest BCUT2D eigenvalue weighted by molar-refractivity contribution is -0.126. The molecule has 0 bridgehead atoms. The summed E-state index contributed by atoms with van der Waals surface area (Å²) < 4.78 is 1.78. The summed E-state index contributed by atoms with van der Waals surface area (Å²) in [5.74, 6) is -0.202. The number of hydrogen-bond acceptors (Lipinski definition) is 3. The van der Waals surface area contributed by atoms with E-state index in [1.807, 2.05) is 44.3 Å². The topological polar surface area (TPSA) is 72.9 Å². The smallest absolute Gasteiger partial charge is 0.244 e. The lowest BCUT2D eigenvalue weighted by Gasteiger charge is -2.24. The first-order chi connectivity index (χ1) is 9.43. The number of benzene rings is 1. The van der Waals surface area contributed by atoms with Gasteiger partial charge < -0.3 is 11.1 Å². The molecule has 0 aliphatic heterocycles. The van der Waals surface area contributed by atoms with Gasteiger partial charge in [-0.1, -0.05) is 30.3 Å². The Balaban J connectivity index is 2.07. The van der Waals surface area contributed by atoms with Gasteiger partial charge in [0.25, 0.3) is 0 Å². The highest BCUT2D eigenvalue weighted by Gasteiger charge is 2.30. The van der Waals surface area contributed by atoms with Crippen molar-refractivity contribution in [3.8, 4) is 0 Å². The van der Waals surface area contributed by atoms with Gasteiger partial charge in [0.15, 0.2) is 0 Å². The Morgan fingerprint density at radius 3 is 2.60 bits per heavy atom. The fraction of sp³-hybridized carbons (Fsp3) is 0.333. The van der Waals surface area contributed by atoms with E-state index in [-0.39, 0.29) is 5.91 Å². The summed E-state index contributed by atoms with van der Waals surface area (Å²) in [6, 6.07) is 9.36. The maximum Gasteiger partial charge on any atom is 0.244 e. The number of aryl methyl sites for hydroxylation is 1. The Labute approximate surface area is 118 Å². The van der Waals surface area contributed by atoms with E-state index in [0.29, 0.717) is 6.54 Å². The van der Waals surface area contributed by atoms with Gasteiger partial charge in [0, 0.05) is 24.8 Å². The first-order valence-corrected chi connectivity index (χ1v) is 6.53. The number of nitrogens with two attached hydrogens (primary N) is 1. The summed E-state index contributed by atoms with van der Waals surface area (Å²) >= 11 is 0. The predicted octanol–water partition coefficient (Wildman–Crippen LogP) is 1.22. The molecular weight excluding hydrogens is 252 g/mol. The normalized spacial score (nSPS) is 13.8. The molecule has 0 aliphatic carbocycles. The number of nitrogens with one attached hydrogen (secondary N) is 1. The molecule has 106 valence electrons. The molecule has 0 spiro atoms. The van der Waals surface area contributed by atoms with Crippen molar-refractivity contribution in [1.29, 1.82) is 0 Å². The zero-order chi connectivity index (χ0) is 14.8. The van der Waals surface area contributed by atoms with E-state index < -0.39 is 5.54 Å². The average molecular weight is 272 g/mol. The van der Waals surface area contributed by atoms with Crippen LogP contribution in [0.3, 0.4) is 0 Å². The largest absolute Gasteiger partial charge is 0.350 e. The van der Waals surface area contributed by atoms with Crippen LogP contribution in [0.5, 0.6) is 0 Å². The van der Waals surface area contributed by atoms with Crippen LogP contribution in [0, 0.1) is 6.92 Å². The first kappa shape index (κ1) is 14.3. The molecule has 3 N–H and O–H groups in total. The van der Waals surface area contributed by atoms with Gasteiger partial charge in [0.2, 0.25) is 5.91 Å². The van der Waals surface area contributed by atoms with Gasteiger partial charge in [-0.25, -0.2) is 0 Å². The minimum atomic E-state index is -1.04.